The molecule has 0 saturated carbocycles. The second-order valence-corrected chi connectivity index (χ2v) is 6.71. The first-order valence-electron chi connectivity index (χ1n) is 8.91. The van der Waals surface area contributed by atoms with Gasteiger partial charge in [0.2, 0.25) is 0 Å². The fourth-order valence-corrected chi connectivity index (χ4v) is 3.50. The summed E-state index contributed by atoms with van der Waals surface area (Å²) in [6.45, 7) is 4.65. The van der Waals surface area contributed by atoms with Crippen LogP contribution in [-0.4, -0.2) is 39.0 Å². The number of aliphatic hydroxyl groups is 1. The van der Waals surface area contributed by atoms with Crippen LogP contribution < -0.4 is 5.32 Å². The Morgan fingerprint density at radius 3 is 2.96 bits per heavy atom. The molecule has 1 atom stereocenters. The zero-order valence-corrected chi connectivity index (χ0v) is 14.9. The molecular weight excluding hydrogens is 316 g/mol. The van der Waals surface area contributed by atoms with E-state index in [1.54, 1.807) is 10.9 Å². The van der Waals surface area contributed by atoms with Crippen molar-refractivity contribution in [2.24, 2.45) is 0 Å². The zero-order valence-electron chi connectivity index (χ0n) is 14.9. The molecule has 2 N–H and O–H groups in total. The summed E-state index contributed by atoms with van der Waals surface area (Å²) in [4.78, 5) is 14.8. The standard InChI is InChI=1S/C19H26N4O2/c1-14(2)23-18(10-11-20-23)21-19(25)22(12-5-13-24)17-9-8-15-6-3-4-7-16(15)17/h3-4,6-7,10-11,14,17,24H,5,8-9,12-13H2,1-2H3,(H,21,25). The highest BCUT2D eigenvalue weighted by molar-refractivity contribution is 5.88. The Hall–Kier alpha value is -2.34. The monoisotopic (exact) mass is 342 g/mol. The third-order valence-electron chi connectivity index (χ3n) is 4.69. The number of anilines is 1. The Balaban J connectivity index is 1.81. The molecule has 0 saturated heterocycles. The van der Waals surface area contributed by atoms with E-state index in [-0.39, 0.29) is 24.7 Å². The SMILES string of the molecule is CC(C)n1nccc1NC(=O)N(CCCO)C1CCc2ccccc21. The predicted octanol–water partition coefficient (Wildman–Crippen LogP) is 3.37. The molecule has 1 unspecified atom stereocenters. The summed E-state index contributed by atoms with van der Waals surface area (Å²) < 4.78 is 1.80. The maximum atomic E-state index is 13.0. The maximum Gasteiger partial charge on any atom is 0.323 e. The second-order valence-electron chi connectivity index (χ2n) is 6.71. The molecule has 3 rings (SSSR count). The Labute approximate surface area is 148 Å². The molecule has 2 amide bonds. The number of amides is 2. The second kappa shape index (κ2) is 7.70. The number of hydrogen-bond donors (Lipinski definition) is 2. The van der Waals surface area contributed by atoms with Gasteiger partial charge in [0.25, 0.3) is 0 Å². The van der Waals surface area contributed by atoms with E-state index in [0.717, 1.165) is 12.8 Å². The Morgan fingerprint density at radius 1 is 1.40 bits per heavy atom. The third kappa shape index (κ3) is 3.69. The highest BCUT2D eigenvalue weighted by Crippen LogP contribution is 2.36. The van der Waals surface area contributed by atoms with Crippen LogP contribution in [0.1, 0.15) is 49.9 Å². The van der Waals surface area contributed by atoms with Crippen molar-refractivity contribution in [2.75, 3.05) is 18.5 Å². The van der Waals surface area contributed by atoms with Gasteiger partial charge in [0, 0.05) is 25.3 Å². The molecule has 1 aliphatic carbocycles. The number of benzene rings is 1. The number of aromatic nitrogens is 2. The van der Waals surface area contributed by atoms with Crippen LogP contribution in [0.25, 0.3) is 0 Å². The van der Waals surface area contributed by atoms with E-state index in [4.69, 9.17) is 0 Å². The number of urea groups is 1. The normalized spacial score (nSPS) is 16.1. The van der Waals surface area contributed by atoms with Crippen molar-refractivity contribution in [3.05, 3.63) is 47.7 Å². The minimum absolute atomic E-state index is 0.0539. The summed E-state index contributed by atoms with van der Waals surface area (Å²) >= 11 is 0. The molecular formula is C19H26N4O2. The fourth-order valence-electron chi connectivity index (χ4n) is 3.50. The van der Waals surface area contributed by atoms with E-state index in [0.29, 0.717) is 18.8 Å². The molecule has 0 fully saturated rings. The van der Waals surface area contributed by atoms with Crippen LogP contribution >= 0.6 is 0 Å². The van der Waals surface area contributed by atoms with Gasteiger partial charge < -0.3 is 10.0 Å². The largest absolute Gasteiger partial charge is 0.396 e. The van der Waals surface area contributed by atoms with E-state index in [1.165, 1.54) is 11.1 Å². The average molecular weight is 342 g/mol. The third-order valence-corrected chi connectivity index (χ3v) is 4.69. The van der Waals surface area contributed by atoms with E-state index in [9.17, 15) is 9.90 Å². The molecule has 0 radical (unpaired) electrons. The van der Waals surface area contributed by atoms with E-state index in [2.05, 4.69) is 22.5 Å². The lowest BCUT2D eigenvalue weighted by molar-refractivity contribution is 0.177. The van der Waals surface area contributed by atoms with Crippen LogP contribution in [0.2, 0.25) is 0 Å². The van der Waals surface area contributed by atoms with Crippen molar-refractivity contribution in [3.63, 3.8) is 0 Å². The van der Waals surface area contributed by atoms with Crippen LogP contribution in [0.15, 0.2) is 36.5 Å². The van der Waals surface area contributed by atoms with Crippen molar-refractivity contribution in [1.82, 2.24) is 14.7 Å². The molecule has 1 heterocycles. The van der Waals surface area contributed by atoms with Gasteiger partial charge in [0.15, 0.2) is 0 Å². The number of aliphatic hydroxyl groups excluding tert-OH is 1. The number of carbonyl (C=O) groups excluding carboxylic acids is 1. The minimum atomic E-state index is -0.141. The lowest BCUT2D eigenvalue weighted by atomic mass is 10.1. The van der Waals surface area contributed by atoms with E-state index in [1.807, 2.05) is 36.9 Å². The quantitative estimate of drug-likeness (QED) is 0.845. The molecule has 2 aromatic rings. The Morgan fingerprint density at radius 2 is 2.20 bits per heavy atom. The smallest absolute Gasteiger partial charge is 0.323 e. The molecule has 134 valence electrons. The first-order valence-corrected chi connectivity index (χ1v) is 8.91. The lowest BCUT2D eigenvalue weighted by Gasteiger charge is -2.30. The van der Waals surface area contributed by atoms with Gasteiger partial charge >= 0.3 is 6.03 Å². The Bertz CT molecular complexity index is 726. The molecule has 6 heteroatoms. The first kappa shape index (κ1) is 17.5. The number of rotatable bonds is 6. The van der Waals surface area contributed by atoms with Crippen molar-refractivity contribution >= 4 is 11.8 Å². The summed E-state index contributed by atoms with van der Waals surface area (Å²) in [6.07, 6.45) is 4.16. The maximum absolute atomic E-state index is 13.0. The topological polar surface area (TPSA) is 70.4 Å². The number of hydrogen-bond acceptors (Lipinski definition) is 3. The number of carbonyl (C=O) groups is 1. The molecule has 0 spiro atoms. The predicted molar refractivity (Wildman–Crippen MR) is 97.5 cm³/mol. The van der Waals surface area contributed by atoms with Crippen molar-refractivity contribution in [3.8, 4) is 0 Å². The summed E-state index contributed by atoms with van der Waals surface area (Å²) in [6, 6.07) is 10.2. The highest BCUT2D eigenvalue weighted by atomic mass is 16.3. The van der Waals surface area contributed by atoms with Crippen LogP contribution in [0.3, 0.4) is 0 Å². The van der Waals surface area contributed by atoms with Gasteiger partial charge in [-0.3, -0.25) is 5.32 Å². The summed E-state index contributed by atoms with van der Waals surface area (Å²) in [5, 5.41) is 16.5. The van der Waals surface area contributed by atoms with Crippen LogP contribution in [0.4, 0.5) is 10.6 Å². The number of nitrogens with one attached hydrogen (secondary N) is 1. The molecule has 1 aromatic carbocycles. The van der Waals surface area contributed by atoms with Gasteiger partial charge in [0.05, 0.1) is 12.2 Å². The summed E-state index contributed by atoms with van der Waals surface area (Å²) in [5.41, 5.74) is 2.52. The lowest BCUT2D eigenvalue weighted by Crippen LogP contribution is -2.39. The fraction of sp³-hybridized carbons (Fsp3) is 0.474. The number of nitrogens with zero attached hydrogens (tertiary/aromatic N) is 3. The van der Waals surface area contributed by atoms with Gasteiger partial charge in [-0.15, -0.1) is 0 Å². The first-order chi connectivity index (χ1) is 12.1. The molecule has 0 aliphatic heterocycles. The van der Waals surface area contributed by atoms with Crippen LogP contribution in [0.5, 0.6) is 0 Å². The van der Waals surface area contributed by atoms with Gasteiger partial charge in [-0.25, -0.2) is 9.48 Å². The van der Waals surface area contributed by atoms with Crippen molar-refractivity contribution in [1.29, 1.82) is 0 Å². The average Bonchev–Trinajstić information content (AvgIpc) is 3.22. The molecule has 1 aromatic heterocycles. The zero-order chi connectivity index (χ0) is 17.8. The van der Waals surface area contributed by atoms with E-state index < -0.39 is 0 Å². The highest BCUT2D eigenvalue weighted by Gasteiger charge is 2.31. The van der Waals surface area contributed by atoms with Crippen LogP contribution in [-0.2, 0) is 6.42 Å². The summed E-state index contributed by atoms with van der Waals surface area (Å²) in [7, 11) is 0. The molecule has 25 heavy (non-hydrogen) atoms. The minimum Gasteiger partial charge on any atom is -0.396 e. The van der Waals surface area contributed by atoms with Gasteiger partial charge in [0.1, 0.15) is 5.82 Å². The van der Waals surface area contributed by atoms with E-state index >= 15 is 0 Å². The van der Waals surface area contributed by atoms with Crippen molar-refractivity contribution < 1.29 is 9.90 Å². The summed E-state index contributed by atoms with van der Waals surface area (Å²) in [5.74, 6) is 0.695. The molecule has 0 bridgehead atoms. The van der Waals surface area contributed by atoms with Crippen molar-refractivity contribution in [2.45, 2.75) is 45.2 Å². The number of fused-ring (bicyclic) bond motifs is 1. The molecule has 6 nitrogen and oxygen atoms in total. The molecule has 1 aliphatic rings. The van der Waals surface area contributed by atoms with Gasteiger partial charge in [-0.2, -0.15) is 5.10 Å². The van der Waals surface area contributed by atoms with Gasteiger partial charge in [-0.05, 0) is 44.2 Å². The Kier molecular flexibility index (Phi) is 5.38. The van der Waals surface area contributed by atoms with Gasteiger partial charge in [-0.1, -0.05) is 24.3 Å². The number of aryl methyl sites for hydroxylation is 1. The van der Waals surface area contributed by atoms with Crippen LogP contribution in [0, 0.1) is 0 Å².